The fraction of sp³-hybridized carbons (Fsp3) is 0.667. The maximum atomic E-state index is 10.6. The van der Waals surface area contributed by atoms with Crippen molar-refractivity contribution >= 4 is 12.3 Å². The zero-order valence-corrected chi connectivity index (χ0v) is 6.66. The molecular weight excluding hydrogens is 148 g/mol. The summed E-state index contributed by atoms with van der Waals surface area (Å²) in [6.07, 6.45) is 0.784. The third-order valence-corrected chi connectivity index (χ3v) is 1.19. The first-order valence-corrected chi connectivity index (χ1v) is 3.21. The number of carbonyl (C=O) groups is 2. The fourth-order valence-electron chi connectivity index (χ4n) is 0.524. The quantitative estimate of drug-likeness (QED) is 0.420. The largest absolute Gasteiger partial charge is 0.359 e. The van der Waals surface area contributed by atoms with Crippen LogP contribution < -0.4 is 5.32 Å². The first kappa shape index (κ1) is 9.90. The van der Waals surface area contributed by atoms with Crippen molar-refractivity contribution in [3.63, 3.8) is 0 Å². The molecular formula is C6H12N2O3. The molecule has 5 heteroatoms. The van der Waals surface area contributed by atoms with Gasteiger partial charge in [0.05, 0.1) is 13.7 Å². The number of nitrogens with one attached hydrogen (secondary N) is 1. The molecule has 1 N–H and O–H groups in total. The molecule has 0 aliphatic heterocycles. The van der Waals surface area contributed by atoms with Gasteiger partial charge in [0.15, 0.2) is 0 Å². The predicted octanol–water partition coefficient (Wildman–Crippen LogP) is -0.858. The predicted molar refractivity (Wildman–Crippen MR) is 38.5 cm³/mol. The number of amides is 2. The van der Waals surface area contributed by atoms with Gasteiger partial charge in [-0.2, -0.15) is 0 Å². The molecule has 0 aromatic heterocycles. The molecule has 0 heterocycles. The summed E-state index contributed by atoms with van der Waals surface area (Å²) >= 11 is 0. The SMILES string of the molecule is CNC(=O)CCN(C=O)OC. The second-order valence-corrected chi connectivity index (χ2v) is 1.85. The Morgan fingerprint density at radius 3 is 2.73 bits per heavy atom. The van der Waals surface area contributed by atoms with Crippen LogP contribution in [0.25, 0.3) is 0 Å². The molecule has 0 rings (SSSR count). The van der Waals surface area contributed by atoms with Crippen LogP contribution in [0.15, 0.2) is 0 Å². The van der Waals surface area contributed by atoms with Crippen molar-refractivity contribution in [1.82, 2.24) is 10.4 Å². The van der Waals surface area contributed by atoms with Gasteiger partial charge in [-0.25, -0.2) is 5.06 Å². The molecule has 0 saturated carbocycles. The van der Waals surface area contributed by atoms with Crippen LogP contribution >= 0.6 is 0 Å². The Morgan fingerprint density at radius 2 is 2.36 bits per heavy atom. The molecule has 0 unspecified atom stereocenters. The Labute approximate surface area is 65.3 Å². The fourth-order valence-corrected chi connectivity index (χ4v) is 0.524. The molecule has 0 aliphatic rings. The van der Waals surface area contributed by atoms with Gasteiger partial charge in [-0.3, -0.25) is 14.4 Å². The van der Waals surface area contributed by atoms with Gasteiger partial charge in [0.1, 0.15) is 0 Å². The number of hydrogen-bond acceptors (Lipinski definition) is 3. The van der Waals surface area contributed by atoms with E-state index >= 15 is 0 Å². The Hall–Kier alpha value is -1.10. The summed E-state index contributed by atoms with van der Waals surface area (Å²) in [6, 6.07) is 0. The van der Waals surface area contributed by atoms with E-state index in [-0.39, 0.29) is 18.9 Å². The molecule has 0 saturated heterocycles. The number of rotatable bonds is 5. The maximum absolute atomic E-state index is 10.6. The highest BCUT2D eigenvalue weighted by atomic mass is 16.7. The van der Waals surface area contributed by atoms with Crippen molar-refractivity contribution in [3.8, 4) is 0 Å². The van der Waals surface area contributed by atoms with Crippen molar-refractivity contribution in [2.24, 2.45) is 0 Å². The van der Waals surface area contributed by atoms with Gasteiger partial charge < -0.3 is 5.32 Å². The minimum atomic E-state index is -0.117. The molecule has 0 radical (unpaired) electrons. The summed E-state index contributed by atoms with van der Waals surface area (Å²) in [4.78, 5) is 25.3. The second kappa shape index (κ2) is 5.67. The minimum absolute atomic E-state index is 0.117. The summed E-state index contributed by atoms with van der Waals surface area (Å²) < 4.78 is 0. The Balaban J connectivity index is 3.50. The van der Waals surface area contributed by atoms with Gasteiger partial charge in [0, 0.05) is 13.5 Å². The topological polar surface area (TPSA) is 58.6 Å². The molecule has 0 fully saturated rings. The Morgan fingerprint density at radius 1 is 1.73 bits per heavy atom. The highest BCUT2D eigenvalue weighted by Crippen LogP contribution is 1.86. The van der Waals surface area contributed by atoms with Crippen LogP contribution in [0, 0.1) is 0 Å². The second-order valence-electron chi connectivity index (χ2n) is 1.85. The van der Waals surface area contributed by atoms with Gasteiger partial charge in [0.25, 0.3) is 0 Å². The molecule has 0 aromatic carbocycles. The van der Waals surface area contributed by atoms with E-state index in [9.17, 15) is 9.59 Å². The molecule has 0 bridgehead atoms. The Bertz CT molecular complexity index is 138. The molecule has 0 aliphatic carbocycles. The summed E-state index contributed by atoms with van der Waals surface area (Å²) in [6.45, 7) is 0.277. The van der Waals surface area contributed by atoms with E-state index < -0.39 is 0 Å². The smallest absolute Gasteiger partial charge is 0.233 e. The van der Waals surface area contributed by atoms with Crippen molar-refractivity contribution in [1.29, 1.82) is 0 Å². The van der Waals surface area contributed by atoms with Crippen LogP contribution in [0.1, 0.15) is 6.42 Å². The normalized spacial score (nSPS) is 8.91. The molecule has 64 valence electrons. The summed E-state index contributed by atoms with van der Waals surface area (Å²) in [5.74, 6) is -0.117. The summed E-state index contributed by atoms with van der Waals surface area (Å²) in [5, 5.41) is 3.48. The minimum Gasteiger partial charge on any atom is -0.359 e. The van der Waals surface area contributed by atoms with Crippen molar-refractivity contribution < 1.29 is 14.4 Å². The van der Waals surface area contributed by atoms with E-state index in [0.717, 1.165) is 5.06 Å². The molecule has 0 atom stereocenters. The van der Waals surface area contributed by atoms with Crippen LogP contribution in [0.3, 0.4) is 0 Å². The summed E-state index contributed by atoms with van der Waals surface area (Å²) in [7, 11) is 2.92. The van der Waals surface area contributed by atoms with Crippen LogP contribution in [-0.2, 0) is 14.4 Å². The average Bonchev–Trinajstić information content (AvgIpc) is 2.06. The maximum Gasteiger partial charge on any atom is 0.233 e. The van der Waals surface area contributed by atoms with Gasteiger partial charge in [0.2, 0.25) is 12.3 Å². The lowest BCUT2D eigenvalue weighted by molar-refractivity contribution is -0.161. The lowest BCUT2D eigenvalue weighted by Crippen LogP contribution is -2.27. The van der Waals surface area contributed by atoms with Crippen molar-refractivity contribution in [3.05, 3.63) is 0 Å². The third-order valence-electron chi connectivity index (χ3n) is 1.19. The van der Waals surface area contributed by atoms with Crippen molar-refractivity contribution in [2.45, 2.75) is 6.42 Å². The highest BCUT2D eigenvalue weighted by molar-refractivity contribution is 5.75. The number of hydrogen-bond donors (Lipinski definition) is 1. The van der Waals surface area contributed by atoms with E-state index in [2.05, 4.69) is 10.2 Å². The van der Waals surface area contributed by atoms with Gasteiger partial charge in [-0.15, -0.1) is 0 Å². The number of carbonyl (C=O) groups excluding carboxylic acids is 2. The van der Waals surface area contributed by atoms with Gasteiger partial charge in [-0.1, -0.05) is 0 Å². The van der Waals surface area contributed by atoms with Crippen molar-refractivity contribution in [2.75, 3.05) is 20.7 Å². The van der Waals surface area contributed by atoms with E-state index in [0.29, 0.717) is 6.41 Å². The van der Waals surface area contributed by atoms with Crippen LogP contribution in [0.4, 0.5) is 0 Å². The van der Waals surface area contributed by atoms with E-state index in [1.165, 1.54) is 7.11 Å². The zero-order valence-electron chi connectivity index (χ0n) is 6.66. The van der Waals surface area contributed by atoms with Crippen LogP contribution in [0.2, 0.25) is 0 Å². The first-order valence-electron chi connectivity index (χ1n) is 3.21. The molecule has 2 amide bonds. The highest BCUT2D eigenvalue weighted by Gasteiger charge is 2.02. The van der Waals surface area contributed by atoms with Gasteiger partial charge >= 0.3 is 0 Å². The molecule has 0 spiro atoms. The lowest BCUT2D eigenvalue weighted by Gasteiger charge is -2.12. The standard InChI is InChI=1S/C6H12N2O3/c1-7-6(10)3-4-8(5-9)11-2/h5H,3-4H2,1-2H3,(H,7,10). The Kier molecular flexibility index (Phi) is 5.10. The summed E-state index contributed by atoms with van der Waals surface area (Å²) in [5.41, 5.74) is 0. The third kappa shape index (κ3) is 4.32. The average molecular weight is 160 g/mol. The van der Waals surface area contributed by atoms with E-state index in [1.807, 2.05) is 0 Å². The zero-order chi connectivity index (χ0) is 8.69. The van der Waals surface area contributed by atoms with Crippen LogP contribution in [0.5, 0.6) is 0 Å². The number of hydroxylamine groups is 2. The monoisotopic (exact) mass is 160 g/mol. The van der Waals surface area contributed by atoms with E-state index in [4.69, 9.17) is 0 Å². The molecule has 5 nitrogen and oxygen atoms in total. The van der Waals surface area contributed by atoms with E-state index in [1.54, 1.807) is 7.05 Å². The molecule has 0 aromatic rings. The van der Waals surface area contributed by atoms with Crippen LogP contribution in [-0.4, -0.2) is 38.1 Å². The first-order chi connectivity index (χ1) is 5.24. The lowest BCUT2D eigenvalue weighted by atomic mass is 10.4. The molecule has 11 heavy (non-hydrogen) atoms. The number of nitrogens with zero attached hydrogens (tertiary/aromatic N) is 1. The van der Waals surface area contributed by atoms with Gasteiger partial charge in [-0.05, 0) is 0 Å².